The van der Waals surface area contributed by atoms with Gasteiger partial charge in [0.2, 0.25) is 5.91 Å². The minimum atomic E-state index is -0.705. The number of para-hydroxylation sites is 2. The Morgan fingerprint density at radius 3 is 2.30 bits per heavy atom. The number of rotatable bonds is 10. The molecular weight excluding hydrogens is 496 g/mol. The molecule has 0 spiro atoms. The van der Waals surface area contributed by atoms with Crippen molar-refractivity contribution in [3.63, 3.8) is 0 Å². The van der Waals surface area contributed by atoms with Crippen LogP contribution in [0.1, 0.15) is 40.3 Å². The number of fused-ring (bicyclic) bond motifs is 1. The zero-order valence-electron chi connectivity index (χ0n) is 22.0. The predicted octanol–water partition coefficient (Wildman–Crippen LogP) is 5.52. The summed E-state index contributed by atoms with van der Waals surface area (Å²) in [6.07, 6.45) is 5.74. The molecule has 3 aromatic heterocycles. The number of aromatic nitrogens is 5. The van der Waals surface area contributed by atoms with Gasteiger partial charge in [0.15, 0.2) is 0 Å². The van der Waals surface area contributed by atoms with Crippen molar-refractivity contribution in [1.29, 1.82) is 0 Å². The number of aromatic amines is 1. The lowest BCUT2D eigenvalue weighted by Crippen LogP contribution is -2.30. The highest BCUT2D eigenvalue weighted by molar-refractivity contribution is 5.85. The van der Waals surface area contributed by atoms with E-state index in [1.54, 1.807) is 6.20 Å². The third kappa shape index (κ3) is 5.14. The number of primary amides is 1. The second kappa shape index (κ2) is 11.4. The quantitative estimate of drug-likeness (QED) is 0.245. The van der Waals surface area contributed by atoms with E-state index in [4.69, 9.17) is 10.8 Å². The molecule has 7 heteroatoms. The van der Waals surface area contributed by atoms with Crippen molar-refractivity contribution in [2.75, 3.05) is 0 Å². The number of aryl methyl sites for hydroxylation is 2. The summed E-state index contributed by atoms with van der Waals surface area (Å²) < 4.78 is 2.10. The second-order valence-electron chi connectivity index (χ2n) is 9.94. The topological polar surface area (TPSA) is 102 Å². The Bertz CT molecular complexity index is 1710. The molecule has 7 nitrogen and oxygen atoms in total. The minimum Gasteiger partial charge on any atom is -0.369 e. The lowest BCUT2D eigenvalue weighted by Gasteiger charge is -2.25. The van der Waals surface area contributed by atoms with Gasteiger partial charge >= 0.3 is 0 Å². The molecule has 3 N–H and O–H groups in total. The van der Waals surface area contributed by atoms with Gasteiger partial charge in [-0.1, -0.05) is 72.8 Å². The number of pyridine rings is 1. The van der Waals surface area contributed by atoms with Crippen LogP contribution in [0.15, 0.2) is 116 Å². The van der Waals surface area contributed by atoms with Crippen LogP contribution in [0.25, 0.3) is 16.6 Å². The van der Waals surface area contributed by atoms with E-state index in [-0.39, 0.29) is 0 Å². The lowest BCUT2D eigenvalue weighted by molar-refractivity contribution is -0.120. The van der Waals surface area contributed by atoms with Crippen molar-refractivity contribution in [3.05, 3.63) is 144 Å². The molecule has 0 saturated heterocycles. The van der Waals surface area contributed by atoms with Crippen LogP contribution >= 0.6 is 0 Å². The summed E-state index contributed by atoms with van der Waals surface area (Å²) in [6.45, 7) is 0. The van der Waals surface area contributed by atoms with Gasteiger partial charge in [-0.3, -0.25) is 14.3 Å². The van der Waals surface area contributed by atoms with Gasteiger partial charge in [-0.2, -0.15) is 0 Å². The highest BCUT2D eigenvalue weighted by atomic mass is 16.1. The van der Waals surface area contributed by atoms with Gasteiger partial charge in [-0.15, -0.1) is 10.2 Å². The largest absolute Gasteiger partial charge is 0.369 e. The number of amides is 1. The van der Waals surface area contributed by atoms with Crippen LogP contribution in [0, 0.1) is 0 Å². The molecule has 6 rings (SSSR count). The van der Waals surface area contributed by atoms with Gasteiger partial charge in [-0.05, 0) is 54.3 Å². The molecule has 0 aliphatic rings. The molecule has 0 bridgehead atoms. The summed E-state index contributed by atoms with van der Waals surface area (Å²) >= 11 is 0. The Morgan fingerprint density at radius 2 is 1.55 bits per heavy atom. The van der Waals surface area contributed by atoms with E-state index in [1.165, 1.54) is 5.56 Å². The van der Waals surface area contributed by atoms with Gasteiger partial charge < -0.3 is 10.7 Å². The van der Waals surface area contributed by atoms with Crippen molar-refractivity contribution in [1.82, 2.24) is 24.7 Å². The molecule has 3 aromatic carbocycles. The van der Waals surface area contributed by atoms with Crippen molar-refractivity contribution in [2.24, 2.45) is 5.73 Å². The first-order valence-corrected chi connectivity index (χ1v) is 13.5. The fourth-order valence-electron chi connectivity index (χ4n) is 5.50. The zero-order chi connectivity index (χ0) is 27.3. The summed E-state index contributed by atoms with van der Waals surface area (Å²) in [5, 5.41) is 10.6. The van der Waals surface area contributed by atoms with Crippen LogP contribution < -0.4 is 5.73 Å². The molecule has 0 fully saturated rings. The maximum Gasteiger partial charge on any atom is 0.227 e. The van der Waals surface area contributed by atoms with Crippen molar-refractivity contribution < 1.29 is 4.79 Å². The Morgan fingerprint density at radius 1 is 0.825 bits per heavy atom. The second-order valence-corrected chi connectivity index (χ2v) is 9.94. The van der Waals surface area contributed by atoms with Gasteiger partial charge in [-0.25, -0.2) is 0 Å². The first-order chi connectivity index (χ1) is 19.7. The lowest BCUT2D eigenvalue weighted by atomic mass is 9.82. The molecule has 2 atom stereocenters. The zero-order valence-corrected chi connectivity index (χ0v) is 22.0. The molecule has 0 aliphatic heterocycles. The Kier molecular flexibility index (Phi) is 7.18. The number of carbonyl (C=O) groups is 1. The van der Waals surface area contributed by atoms with Gasteiger partial charge in [0.05, 0.1) is 11.6 Å². The van der Waals surface area contributed by atoms with E-state index < -0.39 is 17.7 Å². The molecule has 0 aliphatic carbocycles. The van der Waals surface area contributed by atoms with E-state index in [0.717, 1.165) is 34.4 Å². The number of nitrogens with one attached hydrogen (secondary N) is 1. The van der Waals surface area contributed by atoms with Crippen LogP contribution in [0.4, 0.5) is 0 Å². The number of nitrogens with zero attached hydrogens (tertiary/aromatic N) is 4. The first-order valence-electron chi connectivity index (χ1n) is 13.5. The molecule has 198 valence electrons. The minimum absolute atomic E-state index is 0.412. The van der Waals surface area contributed by atoms with E-state index in [1.807, 2.05) is 91.1 Å². The molecule has 6 aromatic rings. The number of hydrogen-bond donors (Lipinski definition) is 2. The SMILES string of the molecule is NC(=O)C(c1ccccn1)[C@@H](Cc1c[nH]c2ccccc12)c1nnc(CCc2ccccc2)n1-c1ccccc1. The van der Waals surface area contributed by atoms with Crippen LogP contribution in [0.3, 0.4) is 0 Å². The number of benzene rings is 3. The average Bonchev–Trinajstić information content (AvgIpc) is 3.61. The number of carbonyl (C=O) groups excluding carboxylic acids is 1. The number of H-pyrrole nitrogens is 1. The molecule has 40 heavy (non-hydrogen) atoms. The Hall–Kier alpha value is -5.04. The van der Waals surface area contributed by atoms with Crippen LogP contribution in [-0.2, 0) is 24.1 Å². The number of hydrogen-bond acceptors (Lipinski definition) is 4. The van der Waals surface area contributed by atoms with Crippen LogP contribution in [0.2, 0.25) is 0 Å². The van der Waals surface area contributed by atoms with Crippen molar-refractivity contribution >= 4 is 16.8 Å². The normalized spacial score (nSPS) is 12.8. The standard InChI is InChI=1S/C33H30N6O/c34-32(40)31(29-17-9-10-20-35-29)27(21-24-22-36-28-16-8-7-15-26(24)28)33-38-37-30(19-18-23-11-3-1-4-12-23)39(33)25-13-5-2-6-14-25/h1-17,20,22,27,31,36H,18-19,21H2,(H2,34,40)/t27-,31?/m1/s1. The summed E-state index contributed by atoms with van der Waals surface area (Å²) in [5.41, 5.74) is 11.0. The van der Waals surface area contributed by atoms with E-state index in [0.29, 0.717) is 24.4 Å². The smallest absolute Gasteiger partial charge is 0.227 e. The summed E-state index contributed by atoms with van der Waals surface area (Å²) in [4.78, 5) is 21.1. The maximum atomic E-state index is 13.2. The highest BCUT2D eigenvalue weighted by Crippen LogP contribution is 2.37. The maximum absolute atomic E-state index is 13.2. The average molecular weight is 527 g/mol. The van der Waals surface area contributed by atoms with E-state index >= 15 is 0 Å². The fraction of sp³-hybridized carbons (Fsp3) is 0.152. The molecule has 1 unspecified atom stereocenters. The molecular formula is C33H30N6O. The molecule has 1 amide bonds. The van der Waals surface area contributed by atoms with E-state index in [9.17, 15) is 4.79 Å². The third-order valence-electron chi connectivity index (χ3n) is 7.41. The van der Waals surface area contributed by atoms with Crippen molar-refractivity contribution in [3.8, 4) is 5.69 Å². The fourth-order valence-corrected chi connectivity index (χ4v) is 5.50. The highest BCUT2D eigenvalue weighted by Gasteiger charge is 2.36. The Balaban J connectivity index is 1.49. The van der Waals surface area contributed by atoms with Crippen LogP contribution in [-0.4, -0.2) is 30.6 Å². The molecule has 3 heterocycles. The van der Waals surface area contributed by atoms with Gasteiger partial charge in [0.25, 0.3) is 0 Å². The molecule has 0 saturated carbocycles. The van der Waals surface area contributed by atoms with Gasteiger partial charge in [0.1, 0.15) is 11.6 Å². The molecule has 0 radical (unpaired) electrons. The predicted molar refractivity (Wildman–Crippen MR) is 156 cm³/mol. The van der Waals surface area contributed by atoms with Crippen molar-refractivity contribution in [2.45, 2.75) is 31.1 Å². The first kappa shape index (κ1) is 25.2. The van der Waals surface area contributed by atoms with Gasteiger partial charge in [0, 0.05) is 41.3 Å². The van der Waals surface area contributed by atoms with E-state index in [2.05, 4.69) is 37.8 Å². The Labute approximate surface area is 232 Å². The monoisotopic (exact) mass is 526 g/mol. The number of nitrogens with two attached hydrogens (primary N) is 1. The summed E-state index contributed by atoms with van der Waals surface area (Å²) in [5.74, 6) is -0.0440. The summed E-state index contributed by atoms with van der Waals surface area (Å²) in [6, 6.07) is 34.2. The third-order valence-corrected chi connectivity index (χ3v) is 7.41. The van der Waals surface area contributed by atoms with Crippen LogP contribution in [0.5, 0.6) is 0 Å². The summed E-state index contributed by atoms with van der Waals surface area (Å²) in [7, 11) is 0.